The molecule has 21 heavy (non-hydrogen) atoms. The van der Waals surface area contributed by atoms with Crippen LogP contribution in [0.4, 0.5) is 4.39 Å². The minimum Gasteiger partial charge on any atom is -0.481 e. The molecule has 0 aliphatic rings. The normalized spacial score (nSPS) is 11.1. The predicted molar refractivity (Wildman–Crippen MR) is 81.9 cm³/mol. The monoisotopic (exact) mass is 373 g/mol. The van der Waals surface area contributed by atoms with Gasteiger partial charge in [0.1, 0.15) is 5.82 Å². The molecular formula is C13H13BrFN3O2S. The molecule has 0 saturated carbocycles. The van der Waals surface area contributed by atoms with Gasteiger partial charge < -0.3 is 5.11 Å². The smallest absolute Gasteiger partial charge is 0.313 e. The van der Waals surface area contributed by atoms with Crippen LogP contribution in [0.2, 0.25) is 0 Å². The van der Waals surface area contributed by atoms with E-state index in [4.69, 9.17) is 5.11 Å². The molecule has 0 atom stereocenters. The second-order valence-corrected chi connectivity index (χ2v) is 6.47. The number of halogens is 2. The zero-order valence-corrected chi connectivity index (χ0v) is 13.8. The first-order chi connectivity index (χ1) is 9.88. The van der Waals surface area contributed by atoms with Crippen LogP contribution in [0.5, 0.6) is 0 Å². The third-order valence-electron chi connectivity index (χ3n) is 2.63. The molecule has 5 nitrogen and oxygen atoms in total. The van der Waals surface area contributed by atoms with Crippen molar-refractivity contribution in [1.29, 1.82) is 0 Å². The zero-order valence-electron chi connectivity index (χ0n) is 11.4. The molecule has 1 aromatic heterocycles. The van der Waals surface area contributed by atoms with Gasteiger partial charge in [0, 0.05) is 16.1 Å². The Morgan fingerprint density at radius 2 is 2.14 bits per heavy atom. The van der Waals surface area contributed by atoms with Crippen LogP contribution in [-0.2, 0) is 4.79 Å². The molecule has 0 aliphatic carbocycles. The summed E-state index contributed by atoms with van der Waals surface area (Å²) in [6.07, 6.45) is 0. The number of hydrogen-bond donors (Lipinski definition) is 1. The molecule has 0 unspecified atom stereocenters. The quantitative estimate of drug-likeness (QED) is 0.810. The Bertz CT molecular complexity index is 655. The minimum absolute atomic E-state index is 0.0216. The van der Waals surface area contributed by atoms with Gasteiger partial charge in [-0.3, -0.25) is 9.36 Å². The summed E-state index contributed by atoms with van der Waals surface area (Å²) >= 11 is 4.34. The molecule has 1 N–H and O–H groups in total. The lowest BCUT2D eigenvalue weighted by Gasteiger charge is -2.13. The van der Waals surface area contributed by atoms with Crippen LogP contribution < -0.4 is 0 Å². The summed E-state index contributed by atoms with van der Waals surface area (Å²) in [5.74, 6) is -0.888. The van der Waals surface area contributed by atoms with E-state index in [9.17, 15) is 9.18 Å². The number of benzene rings is 1. The molecule has 2 aromatic rings. The second-order valence-electron chi connectivity index (χ2n) is 4.61. The summed E-state index contributed by atoms with van der Waals surface area (Å²) in [4.78, 5) is 10.7. The standard InChI is InChI=1S/C13H13BrFN3O2S/c1-7(2)18-12(8-3-9(14)5-10(15)4-8)16-17-13(18)21-6-11(19)20/h3-5,7H,6H2,1-2H3,(H,19,20). The van der Waals surface area contributed by atoms with Gasteiger partial charge in [0.05, 0.1) is 5.75 Å². The van der Waals surface area contributed by atoms with Crippen molar-refractivity contribution in [2.75, 3.05) is 5.75 Å². The fourth-order valence-corrected chi connectivity index (χ4v) is 3.10. The van der Waals surface area contributed by atoms with E-state index in [2.05, 4.69) is 26.1 Å². The van der Waals surface area contributed by atoms with Crippen molar-refractivity contribution in [3.8, 4) is 11.4 Å². The number of aromatic nitrogens is 3. The van der Waals surface area contributed by atoms with Gasteiger partial charge in [-0.25, -0.2) is 4.39 Å². The first-order valence-electron chi connectivity index (χ1n) is 6.14. The summed E-state index contributed by atoms with van der Waals surface area (Å²) in [6.45, 7) is 3.87. The van der Waals surface area contributed by atoms with Crippen molar-refractivity contribution in [1.82, 2.24) is 14.8 Å². The van der Waals surface area contributed by atoms with Crippen molar-refractivity contribution in [2.45, 2.75) is 25.0 Å². The Balaban J connectivity index is 2.46. The van der Waals surface area contributed by atoms with E-state index in [1.807, 2.05) is 13.8 Å². The molecular weight excluding hydrogens is 361 g/mol. The molecule has 0 radical (unpaired) electrons. The third kappa shape index (κ3) is 3.82. The maximum absolute atomic E-state index is 13.5. The van der Waals surface area contributed by atoms with Crippen molar-refractivity contribution in [2.24, 2.45) is 0 Å². The lowest BCUT2D eigenvalue weighted by molar-refractivity contribution is -0.133. The van der Waals surface area contributed by atoms with Crippen LogP contribution in [0, 0.1) is 5.82 Å². The van der Waals surface area contributed by atoms with Crippen molar-refractivity contribution < 1.29 is 14.3 Å². The average molecular weight is 374 g/mol. The summed E-state index contributed by atoms with van der Waals surface area (Å²) in [5.41, 5.74) is 0.588. The highest BCUT2D eigenvalue weighted by molar-refractivity contribution is 9.10. The van der Waals surface area contributed by atoms with Gasteiger partial charge >= 0.3 is 5.97 Å². The maximum atomic E-state index is 13.5. The second kappa shape index (κ2) is 6.57. The average Bonchev–Trinajstić information content (AvgIpc) is 2.78. The van der Waals surface area contributed by atoms with Crippen molar-refractivity contribution in [3.63, 3.8) is 0 Å². The lowest BCUT2D eigenvalue weighted by atomic mass is 10.2. The van der Waals surface area contributed by atoms with Gasteiger partial charge in [-0.15, -0.1) is 10.2 Å². The number of thioether (sulfide) groups is 1. The fourth-order valence-electron chi connectivity index (χ4n) is 1.85. The highest BCUT2D eigenvalue weighted by Gasteiger charge is 2.18. The van der Waals surface area contributed by atoms with Gasteiger partial charge in [0.25, 0.3) is 0 Å². The Morgan fingerprint density at radius 1 is 1.43 bits per heavy atom. The first kappa shape index (κ1) is 16.0. The Hall–Kier alpha value is -1.41. The molecule has 0 fully saturated rings. The van der Waals surface area contributed by atoms with E-state index in [-0.39, 0.29) is 17.6 Å². The number of aliphatic carboxylic acids is 1. The zero-order chi connectivity index (χ0) is 15.6. The van der Waals surface area contributed by atoms with Crippen LogP contribution in [0.15, 0.2) is 27.8 Å². The van der Waals surface area contributed by atoms with Crippen LogP contribution in [-0.4, -0.2) is 31.6 Å². The van der Waals surface area contributed by atoms with Crippen LogP contribution in [0.3, 0.4) is 0 Å². The molecule has 0 amide bonds. The molecule has 0 saturated heterocycles. The minimum atomic E-state index is -0.923. The van der Waals surface area contributed by atoms with E-state index in [1.165, 1.54) is 12.1 Å². The molecule has 1 heterocycles. The molecule has 8 heteroatoms. The van der Waals surface area contributed by atoms with E-state index in [1.54, 1.807) is 10.6 Å². The lowest BCUT2D eigenvalue weighted by Crippen LogP contribution is -2.07. The number of carboxylic acids is 1. The maximum Gasteiger partial charge on any atom is 0.313 e. The summed E-state index contributed by atoms with van der Waals surface area (Å²) < 4.78 is 15.9. The number of nitrogens with zero attached hydrogens (tertiary/aromatic N) is 3. The number of carboxylic acid groups (broad SMARTS) is 1. The summed E-state index contributed by atoms with van der Waals surface area (Å²) in [6, 6.07) is 4.50. The fraction of sp³-hybridized carbons (Fsp3) is 0.308. The predicted octanol–water partition coefficient (Wildman–Crippen LogP) is 3.60. The highest BCUT2D eigenvalue weighted by atomic mass is 79.9. The molecule has 0 aliphatic heterocycles. The first-order valence-corrected chi connectivity index (χ1v) is 7.92. The van der Waals surface area contributed by atoms with Crippen molar-refractivity contribution in [3.05, 3.63) is 28.5 Å². The molecule has 112 valence electrons. The van der Waals surface area contributed by atoms with Gasteiger partial charge in [0.15, 0.2) is 11.0 Å². The third-order valence-corrected chi connectivity index (χ3v) is 4.01. The largest absolute Gasteiger partial charge is 0.481 e. The van der Waals surface area contributed by atoms with Gasteiger partial charge in [0.2, 0.25) is 0 Å². The Morgan fingerprint density at radius 3 is 2.71 bits per heavy atom. The van der Waals surface area contributed by atoms with Gasteiger partial charge in [-0.05, 0) is 32.0 Å². The van der Waals surface area contributed by atoms with E-state index in [0.29, 0.717) is 21.0 Å². The Kier molecular flexibility index (Phi) is 5.00. The molecule has 0 spiro atoms. The van der Waals surface area contributed by atoms with Crippen LogP contribution >= 0.6 is 27.7 Å². The molecule has 1 aromatic carbocycles. The van der Waals surface area contributed by atoms with Crippen LogP contribution in [0.25, 0.3) is 11.4 Å². The highest BCUT2D eigenvalue weighted by Crippen LogP contribution is 2.29. The summed E-state index contributed by atoms with van der Waals surface area (Å²) in [5, 5.41) is 17.4. The summed E-state index contributed by atoms with van der Waals surface area (Å²) in [7, 11) is 0. The van der Waals surface area contributed by atoms with Crippen molar-refractivity contribution >= 4 is 33.7 Å². The molecule has 2 rings (SSSR count). The number of carbonyl (C=O) groups is 1. The SMILES string of the molecule is CC(C)n1c(SCC(=O)O)nnc1-c1cc(F)cc(Br)c1. The number of rotatable bonds is 5. The number of hydrogen-bond acceptors (Lipinski definition) is 4. The Labute approximate surface area is 133 Å². The van der Waals surface area contributed by atoms with Crippen LogP contribution in [0.1, 0.15) is 19.9 Å². The van der Waals surface area contributed by atoms with E-state index in [0.717, 1.165) is 11.8 Å². The van der Waals surface area contributed by atoms with Gasteiger partial charge in [-0.2, -0.15) is 0 Å². The van der Waals surface area contributed by atoms with E-state index >= 15 is 0 Å². The van der Waals surface area contributed by atoms with Gasteiger partial charge in [-0.1, -0.05) is 27.7 Å². The molecule has 0 bridgehead atoms. The topological polar surface area (TPSA) is 68.0 Å². The van der Waals surface area contributed by atoms with E-state index < -0.39 is 5.97 Å².